The molecule has 0 saturated heterocycles. The van der Waals surface area contributed by atoms with E-state index in [1.54, 1.807) is 24.3 Å². The van der Waals surface area contributed by atoms with Crippen molar-refractivity contribution in [3.05, 3.63) is 35.3 Å². The average Bonchev–Trinajstić information content (AvgIpc) is 3.02. The molecule has 2 N–H and O–H groups in total. The number of sulfone groups is 1. The van der Waals surface area contributed by atoms with E-state index in [1.807, 2.05) is 5.38 Å². The summed E-state index contributed by atoms with van der Waals surface area (Å²) in [5, 5.41) is 8.78. The van der Waals surface area contributed by atoms with Crippen molar-refractivity contribution in [2.24, 2.45) is 0 Å². The van der Waals surface area contributed by atoms with E-state index in [4.69, 9.17) is 0 Å². The second-order valence-electron chi connectivity index (χ2n) is 6.64. The molecule has 1 aliphatic carbocycles. The summed E-state index contributed by atoms with van der Waals surface area (Å²) < 4.78 is 23.0. The first-order chi connectivity index (χ1) is 12.4. The first-order valence-corrected chi connectivity index (χ1v) is 11.5. The normalized spacial score (nSPS) is 15.6. The molecule has 1 fully saturated rings. The molecule has 2 aromatic rings. The van der Waals surface area contributed by atoms with E-state index in [2.05, 4.69) is 15.6 Å². The Balaban J connectivity index is 1.55. The summed E-state index contributed by atoms with van der Waals surface area (Å²) in [6.07, 6.45) is 7.24. The highest BCUT2D eigenvalue weighted by Crippen LogP contribution is 2.23. The quantitative estimate of drug-likeness (QED) is 0.786. The second kappa shape index (κ2) is 8.18. The van der Waals surface area contributed by atoms with E-state index in [9.17, 15) is 13.2 Å². The largest absolute Gasteiger partial charge is 0.353 e. The molecule has 1 aromatic carbocycles. The zero-order chi connectivity index (χ0) is 18.6. The highest BCUT2D eigenvalue weighted by atomic mass is 32.2. The summed E-state index contributed by atoms with van der Waals surface area (Å²) in [5.74, 6) is 0.0197. The molecule has 1 aromatic heterocycles. The SMILES string of the molecule is CS(=O)(=O)c1ccc(Nc2nc(CC(=O)NC3CCCCC3)cs2)cc1. The van der Waals surface area contributed by atoms with Crippen molar-refractivity contribution in [3.63, 3.8) is 0 Å². The molecule has 6 nitrogen and oxygen atoms in total. The Morgan fingerprint density at radius 3 is 2.54 bits per heavy atom. The van der Waals surface area contributed by atoms with Crippen LogP contribution in [-0.2, 0) is 21.1 Å². The number of hydrogen-bond donors (Lipinski definition) is 2. The fourth-order valence-electron chi connectivity index (χ4n) is 3.04. The van der Waals surface area contributed by atoms with Gasteiger partial charge in [-0.25, -0.2) is 13.4 Å². The van der Waals surface area contributed by atoms with E-state index >= 15 is 0 Å². The van der Waals surface area contributed by atoms with Crippen molar-refractivity contribution in [2.45, 2.75) is 49.5 Å². The van der Waals surface area contributed by atoms with Crippen LogP contribution >= 0.6 is 11.3 Å². The Bertz CT molecular complexity index is 854. The summed E-state index contributed by atoms with van der Waals surface area (Å²) >= 11 is 1.42. The van der Waals surface area contributed by atoms with Gasteiger partial charge in [-0.2, -0.15) is 0 Å². The molecule has 0 radical (unpaired) electrons. The number of amides is 1. The van der Waals surface area contributed by atoms with Gasteiger partial charge in [0.15, 0.2) is 15.0 Å². The number of benzene rings is 1. The molecule has 1 aliphatic rings. The number of nitrogens with zero attached hydrogens (tertiary/aromatic N) is 1. The number of thiazole rings is 1. The monoisotopic (exact) mass is 393 g/mol. The third-order valence-electron chi connectivity index (χ3n) is 4.40. The van der Waals surface area contributed by atoms with Crippen LogP contribution in [0.15, 0.2) is 34.5 Å². The molecule has 3 rings (SSSR count). The van der Waals surface area contributed by atoms with E-state index in [0.717, 1.165) is 24.2 Å². The van der Waals surface area contributed by atoms with E-state index in [0.29, 0.717) is 11.2 Å². The molecule has 0 aliphatic heterocycles. The highest BCUT2D eigenvalue weighted by Gasteiger charge is 2.16. The average molecular weight is 394 g/mol. The van der Waals surface area contributed by atoms with Gasteiger partial charge >= 0.3 is 0 Å². The number of carbonyl (C=O) groups is 1. The summed E-state index contributed by atoms with van der Waals surface area (Å²) in [6, 6.07) is 6.83. The molecule has 140 valence electrons. The zero-order valence-corrected chi connectivity index (χ0v) is 16.3. The van der Waals surface area contributed by atoms with Crippen LogP contribution in [0.4, 0.5) is 10.8 Å². The van der Waals surface area contributed by atoms with Crippen molar-refractivity contribution in [1.82, 2.24) is 10.3 Å². The number of nitrogens with one attached hydrogen (secondary N) is 2. The molecule has 8 heteroatoms. The van der Waals surface area contributed by atoms with Gasteiger partial charge in [0.25, 0.3) is 0 Å². The molecule has 0 bridgehead atoms. The maximum Gasteiger partial charge on any atom is 0.226 e. The third-order valence-corrected chi connectivity index (χ3v) is 6.33. The topological polar surface area (TPSA) is 88.2 Å². The van der Waals surface area contributed by atoms with Gasteiger partial charge < -0.3 is 10.6 Å². The van der Waals surface area contributed by atoms with Crippen molar-refractivity contribution in [3.8, 4) is 0 Å². The number of aromatic nitrogens is 1. The van der Waals surface area contributed by atoms with E-state index in [1.165, 1.54) is 36.9 Å². The molecular formula is C18H23N3O3S2. The number of hydrogen-bond acceptors (Lipinski definition) is 6. The molecule has 0 atom stereocenters. The predicted octanol–water partition coefficient (Wildman–Crippen LogP) is 3.28. The molecule has 1 saturated carbocycles. The van der Waals surface area contributed by atoms with Crippen LogP contribution in [0.3, 0.4) is 0 Å². The lowest BCUT2D eigenvalue weighted by molar-refractivity contribution is -0.121. The smallest absolute Gasteiger partial charge is 0.226 e. The van der Waals surface area contributed by atoms with Crippen molar-refractivity contribution in [1.29, 1.82) is 0 Å². The number of anilines is 2. The summed E-state index contributed by atoms with van der Waals surface area (Å²) in [7, 11) is -3.20. The minimum atomic E-state index is -3.20. The van der Waals surface area contributed by atoms with Crippen molar-refractivity contribution >= 4 is 37.9 Å². The van der Waals surface area contributed by atoms with Crippen LogP contribution in [0, 0.1) is 0 Å². The number of carbonyl (C=O) groups excluding carboxylic acids is 1. The maximum atomic E-state index is 12.2. The van der Waals surface area contributed by atoms with Gasteiger partial charge in [0.1, 0.15) is 0 Å². The Morgan fingerprint density at radius 1 is 1.19 bits per heavy atom. The minimum absolute atomic E-state index is 0.0197. The Kier molecular flexibility index (Phi) is 5.93. The van der Waals surface area contributed by atoms with Gasteiger partial charge in [0.2, 0.25) is 5.91 Å². The molecule has 0 spiro atoms. The maximum absolute atomic E-state index is 12.2. The van der Waals surface area contributed by atoms with Crippen LogP contribution in [0.5, 0.6) is 0 Å². The van der Waals surface area contributed by atoms with Crippen molar-refractivity contribution in [2.75, 3.05) is 11.6 Å². The lowest BCUT2D eigenvalue weighted by Gasteiger charge is -2.22. The lowest BCUT2D eigenvalue weighted by Crippen LogP contribution is -2.37. The van der Waals surface area contributed by atoms with Gasteiger partial charge in [0.05, 0.1) is 17.0 Å². The highest BCUT2D eigenvalue weighted by molar-refractivity contribution is 7.90. The third kappa shape index (κ3) is 5.28. The van der Waals surface area contributed by atoms with Gasteiger partial charge in [-0.1, -0.05) is 19.3 Å². The molecular weight excluding hydrogens is 370 g/mol. The van der Waals surface area contributed by atoms with Crippen LogP contribution in [0.2, 0.25) is 0 Å². The fraction of sp³-hybridized carbons (Fsp3) is 0.444. The Hall–Kier alpha value is -1.93. The van der Waals surface area contributed by atoms with Gasteiger partial charge in [0, 0.05) is 23.4 Å². The van der Waals surface area contributed by atoms with Crippen LogP contribution in [0.25, 0.3) is 0 Å². The van der Waals surface area contributed by atoms with Crippen LogP contribution < -0.4 is 10.6 Å². The first-order valence-electron chi connectivity index (χ1n) is 8.71. The lowest BCUT2D eigenvalue weighted by atomic mass is 9.95. The second-order valence-corrected chi connectivity index (χ2v) is 9.52. The molecule has 0 unspecified atom stereocenters. The zero-order valence-electron chi connectivity index (χ0n) is 14.7. The Labute approximate surface area is 158 Å². The Morgan fingerprint density at radius 2 is 1.88 bits per heavy atom. The van der Waals surface area contributed by atoms with Gasteiger partial charge in [-0.15, -0.1) is 11.3 Å². The predicted molar refractivity (Wildman–Crippen MR) is 104 cm³/mol. The fourth-order valence-corrected chi connectivity index (χ4v) is 4.41. The molecule has 1 heterocycles. The molecule has 1 amide bonds. The van der Waals surface area contributed by atoms with Crippen molar-refractivity contribution < 1.29 is 13.2 Å². The number of rotatable bonds is 6. The summed E-state index contributed by atoms with van der Waals surface area (Å²) in [6.45, 7) is 0. The summed E-state index contributed by atoms with van der Waals surface area (Å²) in [4.78, 5) is 16.9. The van der Waals surface area contributed by atoms with Crippen LogP contribution in [-0.4, -0.2) is 31.6 Å². The van der Waals surface area contributed by atoms with Gasteiger partial charge in [-0.3, -0.25) is 4.79 Å². The summed E-state index contributed by atoms with van der Waals surface area (Å²) in [5.41, 5.74) is 1.49. The van der Waals surface area contributed by atoms with E-state index < -0.39 is 9.84 Å². The standard InChI is InChI=1S/C18H23N3O3S2/c1-26(23,24)16-9-7-14(8-10-16)20-18-21-15(12-25-18)11-17(22)19-13-5-3-2-4-6-13/h7-10,12-13H,2-6,11H2,1H3,(H,19,22)(H,20,21). The molecule has 26 heavy (non-hydrogen) atoms. The van der Waals surface area contributed by atoms with E-state index in [-0.39, 0.29) is 17.2 Å². The van der Waals surface area contributed by atoms with Crippen LogP contribution in [0.1, 0.15) is 37.8 Å². The van der Waals surface area contributed by atoms with Gasteiger partial charge in [-0.05, 0) is 37.1 Å². The first kappa shape index (κ1) is 18.8. The minimum Gasteiger partial charge on any atom is -0.353 e.